The molecule has 10 nitrogen and oxygen atoms in total. The first-order chi connectivity index (χ1) is 21.6. The van der Waals surface area contributed by atoms with Gasteiger partial charge in [0.05, 0.1) is 26.6 Å². The lowest BCUT2D eigenvalue weighted by Gasteiger charge is -2.34. The summed E-state index contributed by atoms with van der Waals surface area (Å²) in [6, 6.07) is 19.8. The summed E-state index contributed by atoms with van der Waals surface area (Å²) in [6.07, 6.45) is 0. The van der Waals surface area contributed by atoms with E-state index < -0.39 is 38.2 Å². The topological polar surface area (TPSA) is 127 Å². The second kappa shape index (κ2) is 12.1. The van der Waals surface area contributed by atoms with E-state index in [0.717, 1.165) is 44.0 Å². The molecule has 0 radical (unpaired) electrons. The molecule has 0 atom stereocenters. The van der Waals surface area contributed by atoms with E-state index in [-0.39, 0.29) is 27.4 Å². The molecule has 0 aliphatic carbocycles. The molecule has 13 heteroatoms. The Morgan fingerprint density at radius 3 is 2.22 bits per heavy atom. The van der Waals surface area contributed by atoms with Gasteiger partial charge in [-0.05, 0) is 67.7 Å². The highest BCUT2D eigenvalue weighted by Gasteiger charge is 2.23. The Labute approximate surface area is 257 Å². The minimum absolute atomic E-state index is 0.0287. The molecule has 1 aromatic heterocycles. The van der Waals surface area contributed by atoms with Crippen LogP contribution in [0.15, 0.2) is 94.7 Å². The largest absolute Gasteiger partial charge is 0.369 e. The summed E-state index contributed by atoms with van der Waals surface area (Å²) in [6.45, 7) is 3.29. The van der Waals surface area contributed by atoms with Crippen molar-refractivity contribution in [1.82, 2.24) is 15.1 Å². The van der Waals surface area contributed by atoms with Gasteiger partial charge in [0.15, 0.2) is 5.82 Å². The number of hydrogen-bond donors (Lipinski definition) is 3. The number of nitrogens with zero attached hydrogens (tertiary/aromatic N) is 3. The number of benzene rings is 4. The predicted octanol–water partition coefficient (Wildman–Crippen LogP) is 4.93. The molecule has 3 N–H and O–H groups in total. The van der Waals surface area contributed by atoms with E-state index in [1.807, 2.05) is 6.07 Å². The fraction of sp³-hybridized carbons (Fsp3) is 0.156. The third-order valence-corrected chi connectivity index (χ3v) is 9.35. The Bertz CT molecular complexity index is 2010. The van der Waals surface area contributed by atoms with E-state index in [4.69, 9.17) is 0 Å². The zero-order valence-corrected chi connectivity index (χ0v) is 24.9. The third-order valence-electron chi connectivity index (χ3n) is 7.62. The van der Waals surface area contributed by atoms with E-state index in [0.29, 0.717) is 17.1 Å². The van der Waals surface area contributed by atoms with Crippen molar-refractivity contribution in [3.05, 3.63) is 108 Å². The maximum Gasteiger partial charge on any atom is 0.258 e. The summed E-state index contributed by atoms with van der Waals surface area (Å²) in [7, 11) is -2.26. The standard InChI is InChI=1S/C32H28F2N6O4S/c1-39-11-13-40(14-12-39)23-7-9-26(29(18-23)35-31(41)20-5-3-2-4-6-20)32(42)36-30-27-19-24(8-10-28(27)37-38-30)45(43,44)25-16-21(33)15-22(34)17-25/h2-10,15-19H,11-14H2,1H3,(H,35,41)(H2,36,37,38,42). The number of carbonyl (C=O) groups excluding carboxylic acids is 2. The van der Waals surface area contributed by atoms with Crippen molar-refractivity contribution in [1.29, 1.82) is 0 Å². The molecule has 1 aliphatic rings. The van der Waals surface area contributed by atoms with Crippen molar-refractivity contribution in [3.63, 3.8) is 0 Å². The van der Waals surface area contributed by atoms with Crippen LogP contribution in [-0.4, -0.2) is 68.6 Å². The molecule has 0 saturated carbocycles. The van der Waals surface area contributed by atoms with E-state index in [2.05, 4.69) is 37.7 Å². The Balaban J connectivity index is 1.32. The number of likely N-dealkylation sites (N-methyl/N-ethyl adjacent to an activating group) is 1. The van der Waals surface area contributed by atoms with Crippen LogP contribution in [0.4, 0.5) is 26.0 Å². The number of rotatable bonds is 7. The molecule has 1 saturated heterocycles. The first-order valence-corrected chi connectivity index (χ1v) is 15.5. The number of halogens is 2. The quantitative estimate of drug-likeness (QED) is 0.233. The Kier molecular flexibility index (Phi) is 8.04. The van der Waals surface area contributed by atoms with Gasteiger partial charge in [0.2, 0.25) is 9.84 Å². The number of hydrogen-bond acceptors (Lipinski definition) is 7. The SMILES string of the molecule is CN1CCN(c2ccc(C(=O)Nc3n[nH]c4ccc(S(=O)(=O)c5cc(F)cc(F)c5)cc34)c(NC(=O)c3ccccc3)c2)CC1. The van der Waals surface area contributed by atoms with Gasteiger partial charge in [-0.3, -0.25) is 14.7 Å². The number of amides is 2. The first kappa shape index (κ1) is 29.9. The number of sulfone groups is 1. The molecular formula is C32H28F2N6O4S. The average molecular weight is 631 g/mol. The number of anilines is 3. The van der Waals surface area contributed by atoms with Crippen molar-refractivity contribution < 1.29 is 26.8 Å². The third kappa shape index (κ3) is 6.26. The molecule has 0 spiro atoms. The zero-order valence-electron chi connectivity index (χ0n) is 24.1. The lowest BCUT2D eigenvalue weighted by atomic mass is 10.1. The fourth-order valence-electron chi connectivity index (χ4n) is 5.13. The molecule has 45 heavy (non-hydrogen) atoms. The van der Waals surface area contributed by atoms with Crippen LogP contribution in [0.1, 0.15) is 20.7 Å². The molecule has 6 rings (SSSR count). The number of aromatic nitrogens is 2. The number of fused-ring (bicyclic) bond motifs is 1. The van der Waals surface area contributed by atoms with Gasteiger partial charge in [0.1, 0.15) is 11.6 Å². The summed E-state index contributed by atoms with van der Waals surface area (Å²) in [4.78, 5) is 30.4. The highest BCUT2D eigenvalue weighted by Crippen LogP contribution is 2.30. The Morgan fingerprint density at radius 2 is 1.51 bits per heavy atom. The maximum atomic E-state index is 13.8. The summed E-state index contributed by atoms with van der Waals surface area (Å²) in [5.74, 6) is -3.02. The Morgan fingerprint density at radius 1 is 0.800 bits per heavy atom. The van der Waals surface area contributed by atoms with Gasteiger partial charge < -0.3 is 20.4 Å². The van der Waals surface area contributed by atoms with E-state index in [1.165, 1.54) is 18.2 Å². The molecule has 230 valence electrons. The summed E-state index contributed by atoms with van der Waals surface area (Å²) in [5.41, 5.74) is 2.12. The number of piperazine rings is 1. The van der Waals surface area contributed by atoms with Gasteiger partial charge in [0, 0.05) is 48.9 Å². The van der Waals surface area contributed by atoms with Crippen molar-refractivity contribution in [2.45, 2.75) is 9.79 Å². The van der Waals surface area contributed by atoms with Gasteiger partial charge in [-0.25, -0.2) is 17.2 Å². The van der Waals surface area contributed by atoms with Crippen LogP contribution in [-0.2, 0) is 9.84 Å². The fourth-order valence-corrected chi connectivity index (χ4v) is 6.46. The van der Waals surface area contributed by atoms with Gasteiger partial charge in [-0.1, -0.05) is 18.2 Å². The number of carbonyl (C=O) groups is 2. The van der Waals surface area contributed by atoms with E-state index in [1.54, 1.807) is 42.5 Å². The number of aromatic amines is 1. The Hall–Kier alpha value is -5.14. The molecule has 2 heterocycles. The van der Waals surface area contributed by atoms with Crippen molar-refractivity contribution in [3.8, 4) is 0 Å². The average Bonchev–Trinajstić information content (AvgIpc) is 3.43. The van der Waals surface area contributed by atoms with Crippen molar-refractivity contribution in [2.24, 2.45) is 0 Å². The van der Waals surface area contributed by atoms with Crippen LogP contribution >= 0.6 is 0 Å². The molecule has 0 unspecified atom stereocenters. The summed E-state index contributed by atoms with van der Waals surface area (Å²) >= 11 is 0. The van der Waals surface area contributed by atoms with Crippen LogP contribution in [0.5, 0.6) is 0 Å². The zero-order chi connectivity index (χ0) is 31.7. The van der Waals surface area contributed by atoms with Gasteiger partial charge in [-0.2, -0.15) is 5.10 Å². The van der Waals surface area contributed by atoms with E-state index >= 15 is 0 Å². The lowest BCUT2D eigenvalue weighted by molar-refractivity contribution is 0.102. The molecule has 4 aromatic carbocycles. The molecule has 2 amide bonds. The smallest absolute Gasteiger partial charge is 0.258 e. The predicted molar refractivity (Wildman–Crippen MR) is 166 cm³/mol. The van der Waals surface area contributed by atoms with E-state index in [9.17, 15) is 26.8 Å². The molecular weight excluding hydrogens is 602 g/mol. The molecule has 0 bridgehead atoms. The van der Waals surface area contributed by atoms with Crippen molar-refractivity contribution >= 4 is 49.7 Å². The molecule has 5 aromatic rings. The highest BCUT2D eigenvalue weighted by molar-refractivity contribution is 7.91. The van der Waals surface area contributed by atoms with Crippen molar-refractivity contribution in [2.75, 3.05) is 48.8 Å². The second-order valence-corrected chi connectivity index (χ2v) is 12.6. The van der Waals surface area contributed by atoms with Crippen LogP contribution in [0.2, 0.25) is 0 Å². The molecule has 1 aliphatic heterocycles. The first-order valence-electron chi connectivity index (χ1n) is 14.0. The van der Waals surface area contributed by atoms with Gasteiger partial charge >= 0.3 is 0 Å². The molecule has 1 fully saturated rings. The number of H-pyrrole nitrogens is 1. The summed E-state index contributed by atoms with van der Waals surface area (Å²) < 4.78 is 54.0. The van der Waals surface area contributed by atoms with Crippen LogP contribution in [0, 0.1) is 11.6 Å². The monoisotopic (exact) mass is 630 g/mol. The highest BCUT2D eigenvalue weighted by atomic mass is 32.2. The second-order valence-electron chi connectivity index (χ2n) is 10.7. The minimum Gasteiger partial charge on any atom is -0.369 e. The van der Waals surface area contributed by atoms with Crippen LogP contribution in [0.25, 0.3) is 10.9 Å². The van der Waals surface area contributed by atoms with Gasteiger partial charge in [0.25, 0.3) is 11.8 Å². The summed E-state index contributed by atoms with van der Waals surface area (Å²) in [5, 5.41) is 12.7. The van der Waals surface area contributed by atoms with Crippen LogP contribution < -0.4 is 15.5 Å². The number of nitrogens with one attached hydrogen (secondary N) is 3. The van der Waals surface area contributed by atoms with Crippen LogP contribution in [0.3, 0.4) is 0 Å². The minimum atomic E-state index is -4.31. The van der Waals surface area contributed by atoms with Gasteiger partial charge in [-0.15, -0.1) is 0 Å². The maximum absolute atomic E-state index is 13.8. The lowest BCUT2D eigenvalue weighted by Crippen LogP contribution is -2.44. The normalized spacial score (nSPS) is 14.0.